The summed E-state index contributed by atoms with van der Waals surface area (Å²) < 4.78 is 5.13. The lowest BCUT2D eigenvalue weighted by Gasteiger charge is -2.23. The molecule has 1 aromatic carbocycles. The van der Waals surface area contributed by atoms with Crippen LogP contribution in [0.25, 0.3) is 0 Å². The van der Waals surface area contributed by atoms with E-state index < -0.39 is 5.60 Å². The van der Waals surface area contributed by atoms with Gasteiger partial charge in [0.25, 0.3) is 0 Å². The molecule has 0 bridgehead atoms. The van der Waals surface area contributed by atoms with E-state index in [1.165, 1.54) is 18.4 Å². The van der Waals surface area contributed by atoms with Crippen LogP contribution in [0.5, 0.6) is 5.75 Å². The minimum atomic E-state index is -0.533. The third kappa shape index (κ3) is 5.54. The van der Waals surface area contributed by atoms with E-state index in [0.29, 0.717) is 0 Å². The third-order valence-electron chi connectivity index (χ3n) is 3.43. The number of hydrogen-bond acceptors (Lipinski definition) is 2. The molecule has 0 spiro atoms. The van der Waals surface area contributed by atoms with E-state index in [4.69, 9.17) is 4.74 Å². The molecule has 1 atom stereocenters. The van der Waals surface area contributed by atoms with Crippen molar-refractivity contribution in [2.24, 2.45) is 0 Å². The average Bonchev–Trinajstić information content (AvgIpc) is 2.37. The van der Waals surface area contributed by atoms with Gasteiger partial charge in [0.05, 0.1) is 12.7 Å². The second-order valence-electron chi connectivity index (χ2n) is 5.30. The molecule has 0 saturated heterocycles. The van der Waals surface area contributed by atoms with Gasteiger partial charge < -0.3 is 9.84 Å². The summed E-state index contributed by atoms with van der Waals surface area (Å²) >= 11 is 0. The average molecular weight is 250 g/mol. The van der Waals surface area contributed by atoms with Crippen LogP contribution >= 0.6 is 0 Å². The van der Waals surface area contributed by atoms with Crippen LogP contribution in [-0.4, -0.2) is 17.8 Å². The van der Waals surface area contributed by atoms with Crippen molar-refractivity contribution >= 4 is 0 Å². The van der Waals surface area contributed by atoms with E-state index in [0.717, 1.165) is 31.4 Å². The first-order chi connectivity index (χ1) is 8.57. The van der Waals surface area contributed by atoms with E-state index in [2.05, 4.69) is 19.1 Å². The van der Waals surface area contributed by atoms with E-state index >= 15 is 0 Å². The van der Waals surface area contributed by atoms with Crippen LogP contribution in [0.1, 0.15) is 51.5 Å². The molecule has 1 aromatic rings. The van der Waals surface area contributed by atoms with Crippen molar-refractivity contribution < 1.29 is 9.84 Å². The first-order valence-corrected chi connectivity index (χ1v) is 6.93. The fourth-order valence-corrected chi connectivity index (χ4v) is 2.09. The highest BCUT2D eigenvalue weighted by atomic mass is 16.5. The van der Waals surface area contributed by atoms with Gasteiger partial charge in [0, 0.05) is 0 Å². The van der Waals surface area contributed by atoms with Gasteiger partial charge in [0.15, 0.2) is 0 Å². The number of aryl methyl sites for hydroxylation is 1. The van der Waals surface area contributed by atoms with Crippen molar-refractivity contribution in [1.82, 2.24) is 0 Å². The Hall–Kier alpha value is -1.02. The summed E-state index contributed by atoms with van der Waals surface area (Å²) in [6.07, 6.45) is 6.17. The lowest BCUT2D eigenvalue weighted by atomic mass is 9.91. The van der Waals surface area contributed by atoms with Gasteiger partial charge in [-0.1, -0.05) is 38.3 Å². The SMILES string of the molecule is CCCCCC(C)(O)CCc1ccc(OC)cc1. The summed E-state index contributed by atoms with van der Waals surface area (Å²) in [5.74, 6) is 0.883. The molecule has 0 aliphatic carbocycles. The van der Waals surface area contributed by atoms with Crippen molar-refractivity contribution in [1.29, 1.82) is 0 Å². The van der Waals surface area contributed by atoms with Crippen LogP contribution in [0.2, 0.25) is 0 Å². The lowest BCUT2D eigenvalue weighted by Crippen LogP contribution is -2.24. The maximum absolute atomic E-state index is 10.3. The maximum atomic E-state index is 10.3. The largest absolute Gasteiger partial charge is 0.497 e. The summed E-state index contributed by atoms with van der Waals surface area (Å²) in [6, 6.07) is 8.09. The Balaban J connectivity index is 2.37. The molecule has 0 saturated carbocycles. The first-order valence-electron chi connectivity index (χ1n) is 6.93. The zero-order chi connectivity index (χ0) is 13.4. The molecule has 0 aromatic heterocycles. The predicted octanol–water partition coefficient (Wildman–Crippen LogP) is 3.96. The maximum Gasteiger partial charge on any atom is 0.118 e. The van der Waals surface area contributed by atoms with Crippen molar-refractivity contribution in [3.8, 4) is 5.75 Å². The number of unbranched alkanes of at least 4 members (excludes halogenated alkanes) is 2. The smallest absolute Gasteiger partial charge is 0.118 e. The third-order valence-corrected chi connectivity index (χ3v) is 3.43. The molecule has 2 nitrogen and oxygen atoms in total. The number of aliphatic hydroxyl groups is 1. The zero-order valence-corrected chi connectivity index (χ0v) is 11.9. The van der Waals surface area contributed by atoms with Gasteiger partial charge in [-0.15, -0.1) is 0 Å². The second-order valence-corrected chi connectivity index (χ2v) is 5.30. The second kappa shape index (κ2) is 7.42. The minimum absolute atomic E-state index is 0.533. The van der Waals surface area contributed by atoms with Crippen LogP contribution < -0.4 is 4.74 Å². The molecular weight excluding hydrogens is 224 g/mol. The molecule has 0 aliphatic rings. The van der Waals surface area contributed by atoms with Gasteiger partial charge >= 0.3 is 0 Å². The molecule has 0 aliphatic heterocycles. The van der Waals surface area contributed by atoms with Gasteiger partial charge in [-0.05, 0) is 43.9 Å². The Bertz CT molecular complexity index is 327. The predicted molar refractivity (Wildman–Crippen MR) is 76.1 cm³/mol. The molecule has 1 rings (SSSR count). The van der Waals surface area contributed by atoms with Crippen molar-refractivity contribution in [2.45, 2.75) is 58.0 Å². The van der Waals surface area contributed by atoms with Crippen molar-refractivity contribution in [3.63, 3.8) is 0 Å². The summed E-state index contributed by atoms with van der Waals surface area (Å²) in [6.45, 7) is 4.14. The van der Waals surface area contributed by atoms with Gasteiger partial charge in [0.1, 0.15) is 5.75 Å². The van der Waals surface area contributed by atoms with Gasteiger partial charge in [0.2, 0.25) is 0 Å². The van der Waals surface area contributed by atoms with Crippen LogP contribution in [0, 0.1) is 0 Å². The fraction of sp³-hybridized carbons (Fsp3) is 0.625. The summed E-state index contributed by atoms with van der Waals surface area (Å²) in [4.78, 5) is 0. The normalized spacial score (nSPS) is 14.2. The molecule has 1 N–H and O–H groups in total. The zero-order valence-electron chi connectivity index (χ0n) is 11.9. The van der Waals surface area contributed by atoms with Crippen LogP contribution in [-0.2, 0) is 6.42 Å². The minimum Gasteiger partial charge on any atom is -0.497 e. The van der Waals surface area contributed by atoms with Crippen LogP contribution in [0.4, 0.5) is 0 Å². The molecule has 0 amide bonds. The van der Waals surface area contributed by atoms with E-state index in [1.807, 2.05) is 19.1 Å². The van der Waals surface area contributed by atoms with Crippen molar-refractivity contribution in [2.75, 3.05) is 7.11 Å². The fourth-order valence-electron chi connectivity index (χ4n) is 2.09. The Labute approximate surface area is 111 Å². The van der Waals surface area contributed by atoms with E-state index in [-0.39, 0.29) is 0 Å². The highest BCUT2D eigenvalue weighted by Gasteiger charge is 2.19. The molecule has 102 valence electrons. The Morgan fingerprint density at radius 1 is 1.11 bits per heavy atom. The molecule has 0 fully saturated rings. The molecule has 0 heterocycles. The monoisotopic (exact) mass is 250 g/mol. The summed E-state index contributed by atoms with van der Waals surface area (Å²) in [5, 5.41) is 10.3. The van der Waals surface area contributed by atoms with E-state index in [9.17, 15) is 5.11 Å². The number of ether oxygens (including phenoxy) is 1. The van der Waals surface area contributed by atoms with Crippen LogP contribution in [0.15, 0.2) is 24.3 Å². The molecule has 1 unspecified atom stereocenters. The number of benzene rings is 1. The van der Waals surface area contributed by atoms with E-state index in [1.54, 1.807) is 7.11 Å². The van der Waals surface area contributed by atoms with Gasteiger partial charge in [-0.2, -0.15) is 0 Å². The summed E-state index contributed by atoms with van der Waals surface area (Å²) in [5.41, 5.74) is 0.723. The summed E-state index contributed by atoms with van der Waals surface area (Å²) in [7, 11) is 1.67. The van der Waals surface area contributed by atoms with Crippen LogP contribution in [0.3, 0.4) is 0 Å². The Morgan fingerprint density at radius 2 is 1.78 bits per heavy atom. The number of methoxy groups -OCH3 is 1. The van der Waals surface area contributed by atoms with Gasteiger partial charge in [-0.3, -0.25) is 0 Å². The quantitative estimate of drug-likeness (QED) is 0.708. The Morgan fingerprint density at radius 3 is 2.33 bits per heavy atom. The Kier molecular flexibility index (Phi) is 6.20. The van der Waals surface area contributed by atoms with Crippen molar-refractivity contribution in [3.05, 3.63) is 29.8 Å². The molecule has 0 radical (unpaired) electrons. The lowest BCUT2D eigenvalue weighted by molar-refractivity contribution is 0.0397. The molecular formula is C16H26O2. The highest BCUT2D eigenvalue weighted by Crippen LogP contribution is 2.21. The first kappa shape index (κ1) is 15.0. The molecule has 2 heteroatoms. The number of rotatable bonds is 8. The highest BCUT2D eigenvalue weighted by molar-refractivity contribution is 5.27. The topological polar surface area (TPSA) is 29.5 Å². The standard InChI is InChI=1S/C16H26O2/c1-4-5-6-12-16(2,17)13-11-14-7-9-15(18-3)10-8-14/h7-10,17H,4-6,11-13H2,1-3H3. The number of hydrogen-bond donors (Lipinski definition) is 1. The van der Waals surface area contributed by atoms with Gasteiger partial charge in [-0.25, -0.2) is 0 Å². The molecule has 18 heavy (non-hydrogen) atoms.